The van der Waals surface area contributed by atoms with Gasteiger partial charge in [-0.1, -0.05) is 23.7 Å². The summed E-state index contributed by atoms with van der Waals surface area (Å²) in [6, 6.07) is 12.1. The van der Waals surface area contributed by atoms with Crippen molar-refractivity contribution in [2.45, 2.75) is 31.5 Å². The molecule has 1 amide bonds. The van der Waals surface area contributed by atoms with E-state index in [1.165, 1.54) is 0 Å². The molecule has 2 aromatic rings. The number of hydrogen-bond donors (Lipinski definition) is 2. The van der Waals surface area contributed by atoms with Crippen LogP contribution in [0.1, 0.15) is 45.5 Å². The molecule has 0 atom stereocenters. The SMILES string of the molecule is O=C(O)c1ccc(CCNC(=O)c2cc(Cl)ccc2N2CCCC3(CC2)OCCO3)cc1. The first kappa shape index (κ1) is 22.6. The number of ether oxygens (including phenoxy) is 2. The van der Waals surface area contributed by atoms with Crippen LogP contribution in [-0.4, -0.2) is 55.6 Å². The van der Waals surface area contributed by atoms with Crippen molar-refractivity contribution >= 4 is 29.2 Å². The zero-order chi connectivity index (χ0) is 22.6. The molecule has 2 aliphatic rings. The van der Waals surface area contributed by atoms with E-state index in [1.807, 2.05) is 6.07 Å². The molecule has 32 heavy (non-hydrogen) atoms. The van der Waals surface area contributed by atoms with E-state index in [4.69, 9.17) is 26.2 Å². The molecule has 2 aromatic carbocycles. The molecule has 170 valence electrons. The Morgan fingerprint density at radius 1 is 1.06 bits per heavy atom. The number of hydrogen-bond acceptors (Lipinski definition) is 5. The molecule has 2 N–H and O–H groups in total. The first-order valence-corrected chi connectivity index (χ1v) is 11.3. The minimum Gasteiger partial charge on any atom is -0.478 e. The fraction of sp³-hybridized carbons (Fsp3) is 0.417. The molecule has 0 aliphatic carbocycles. The average molecular weight is 459 g/mol. The van der Waals surface area contributed by atoms with Gasteiger partial charge in [-0.2, -0.15) is 0 Å². The van der Waals surface area contributed by atoms with Gasteiger partial charge < -0.3 is 24.8 Å². The van der Waals surface area contributed by atoms with E-state index >= 15 is 0 Å². The lowest BCUT2D eigenvalue weighted by Gasteiger charge is -2.27. The predicted octanol–water partition coefficient (Wildman–Crippen LogP) is 3.74. The lowest BCUT2D eigenvalue weighted by molar-refractivity contribution is -0.162. The van der Waals surface area contributed by atoms with Gasteiger partial charge in [0.15, 0.2) is 5.79 Å². The molecule has 2 saturated heterocycles. The Morgan fingerprint density at radius 3 is 2.53 bits per heavy atom. The minimum absolute atomic E-state index is 0.183. The van der Waals surface area contributed by atoms with Crippen LogP contribution >= 0.6 is 11.6 Å². The van der Waals surface area contributed by atoms with Crippen LogP contribution in [-0.2, 0) is 15.9 Å². The third-order valence-corrected chi connectivity index (χ3v) is 6.24. The smallest absolute Gasteiger partial charge is 0.335 e. The third-order valence-electron chi connectivity index (χ3n) is 6.01. The maximum Gasteiger partial charge on any atom is 0.335 e. The van der Waals surface area contributed by atoms with Crippen LogP contribution in [0.5, 0.6) is 0 Å². The lowest BCUT2D eigenvalue weighted by atomic mass is 10.1. The van der Waals surface area contributed by atoms with Crippen molar-refractivity contribution in [3.8, 4) is 0 Å². The second-order valence-electron chi connectivity index (χ2n) is 8.12. The quantitative estimate of drug-likeness (QED) is 0.685. The van der Waals surface area contributed by atoms with Gasteiger partial charge in [0.05, 0.1) is 24.3 Å². The Kier molecular flexibility index (Phi) is 6.98. The number of carbonyl (C=O) groups is 2. The van der Waals surface area contributed by atoms with Gasteiger partial charge in [-0.25, -0.2) is 4.79 Å². The van der Waals surface area contributed by atoms with E-state index in [-0.39, 0.29) is 11.5 Å². The Balaban J connectivity index is 1.41. The van der Waals surface area contributed by atoms with Crippen molar-refractivity contribution in [1.82, 2.24) is 5.32 Å². The largest absolute Gasteiger partial charge is 0.478 e. The summed E-state index contributed by atoms with van der Waals surface area (Å²) in [4.78, 5) is 26.2. The molecule has 4 rings (SSSR count). The average Bonchev–Trinajstić information content (AvgIpc) is 3.15. The number of amides is 1. The Morgan fingerprint density at radius 2 is 1.81 bits per heavy atom. The maximum absolute atomic E-state index is 13.0. The number of halogens is 1. The van der Waals surface area contributed by atoms with Gasteiger partial charge in [0.2, 0.25) is 0 Å². The molecule has 0 bridgehead atoms. The van der Waals surface area contributed by atoms with Crippen LogP contribution < -0.4 is 10.2 Å². The standard InChI is InChI=1S/C24H27ClN2O5/c25-19-6-7-21(27-12-1-9-24(10-13-27)31-14-15-32-24)20(16-19)22(28)26-11-8-17-2-4-18(5-3-17)23(29)30/h2-7,16H,1,8-15H2,(H,26,28)(H,29,30). The maximum atomic E-state index is 13.0. The summed E-state index contributed by atoms with van der Waals surface area (Å²) in [7, 11) is 0. The molecule has 0 aromatic heterocycles. The van der Waals surface area contributed by atoms with E-state index in [1.54, 1.807) is 36.4 Å². The number of carboxylic acid groups (broad SMARTS) is 1. The van der Waals surface area contributed by atoms with Gasteiger partial charge in [-0.15, -0.1) is 0 Å². The summed E-state index contributed by atoms with van der Waals surface area (Å²) in [6.07, 6.45) is 3.11. The van der Waals surface area contributed by atoms with Crippen molar-refractivity contribution in [2.75, 3.05) is 37.7 Å². The Labute approximate surface area is 192 Å². The number of anilines is 1. The van der Waals surface area contributed by atoms with Gasteiger partial charge in [-0.3, -0.25) is 4.79 Å². The third kappa shape index (κ3) is 5.23. The normalized spacial score (nSPS) is 17.8. The zero-order valence-corrected chi connectivity index (χ0v) is 18.6. The van der Waals surface area contributed by atoms with Gasteiger partial charge in [-0.05, 0) is 48.7 Å². The zero-order valence-electron chi connectivity index (χ0n) is 17.8. The molecule has 2 fully saturated rings. The number of nitrogens with one attached hydrogen (secondary N) is 1. The fourth-order valence-electron chi connectivity index (χ4n) is 4.30. The predicted molar refractivity (Wildman–Crippen MR) is 122 cm³/mol. The van der Waals surface area contributed by atoms with Crippen LogP contribution in [0.15, 0.2) is 42.5 Å². The highest BCUT2D eigenvalue weighted by molar-refractivity contribution is 6.31. The molecule has 8 heteroatoms. The highest BCUT2D eigenvalue weighted by Gasteiger charge is 2.38. The summed E-state index contributed by atoms with van der Waals surface area (Å²) in [5, 5.41) is 12.5. The second kappa shape index (κ2) is 9.90. The van der Waals surface area contributed by atoms with E-state index < -0.39 is 11.8 Å². The van der Waals surface area contributed by atoms with E-state index in [2.05, 4.69) is 10.2 Å². The molecular formula is C24H27ClN2O5. The van der Waals surface area contributed by atoms with Crippen LogP contribution in [0, 0.1) is 0 Å². The van der Waals surface area contributed by atoms with Gasteiger partial charge in [0, 0.05) is 43.2 Å². The van der Waals surface area contributed by atoms with Crippen molar-refractivity contribution in [3.63, 3.8) is 0 Å². The Bertz CT molecular complexity index is 973. The number of aromatic carboxylic acids is 1. The molecule has 2 aliphatic heterocycles. The molecule has 0 unspecified atom stereocenters. The number of benzene rings is 2. The summed E-state index contributed by atoms with van der Waals surface area (Å²) >= 11 is 6.21. The van der Waals surface area contributed by atoms with E-state index in [9.17, 15) is 9.59 Å². The second-order valence-corrected chi connectivity index (χ2v) is 8.55. The molecule has 0 saturated carbocycles. The van der Waals surface area contributed by atoms with Crippen molar-refractivity contribution in [3.05, 3.63) is 64.2 Å². The number of carbonyl (C=O) groups excluding carboxylic acids is 1. The summed E-state index contributed by atoms with van der Waals surface area (Å²) in [6.45, 7) is 3.24. The summed E-state index contributed by atoms with van der Waals surface area (Å²) in [5.74, 6) is -1.62. The summed E-state index contributed by atoms with van der Waals surface area (Å²) < 4.78 is 11.8. The van der Waals surface area contributed by atoms with Crippen LogP contribution in [0.2, 0.25) is 5.02 Å². The molecule has 0 radical (unpaired) electrons. The van der Waals surface area contributed by atoms with Crippen LogP contribution in [0.3, 0.4) is 0 Å². The lowest BCUT2D eigenvalue weighted by Crippen LogP contribution is -2.33. The number of rotatable bonds is 6. The van der Waals surface area contributed by atoms with Crippen molar-refractivity contribution < 1.29 is 24.2 Å². The van der Waals surface area contributed by atoms with Gasteiger partial charge in [0.1, 0.15) is 0 Å². The van der Waals surface area contributed by atoms with Gasteiger partial charge in [0.25, 0.3) is 5.91 Å². The topological polar surface area (TPSA) is 88.1 Å². The van der Waals surface area contributed by atoms with Crippen LogP contribution in [0.25, 0.3) is 0 Å². The minimum atomic E-state index is -0.955. The molecular weight excluding hydrogens is 432 g/mol. The van der Waals surface area contributed by atoms with Crippen molar-refractivity contribution in [2.24, 2.45) is 0 Å². The van der Waals surface area contributed by atoms with E-state index in [0.717, 1.165) is 43.6 Å². The van der Waals surface area contributed by atoms with Crippen LogP contribution in [0.4, 0.5) is 5.69 Å². The van der Waals surface area contributed by atoms with E-state index in [0.29, 0.717) is 36.8 Å². The van der Waals surface area contributed by atoms with Crippen molar-refractivity contribution in [1.29, 1.82) is 0 Å². The number of carboxylic acids is 1. The molecule has 2 heterocycles. The monoisotopic (exact) mass is 458 g/mol. The summed E-state index contributed by atoms with van der Waals surface area (Å²) in [5.41, 5.74) is 2.60. The fourth-order valence-corrected chi connectivity index (χ4v) is 4.48. The Hall–Kier alpha value is -2.61. The number of nitrogens with zero attached hydrogens (tertiary/aromatic N) is 1. The molecule has 7 nitrogen and oxygen atoms in total. The highest BCUT2D eigenvalue weighted by Crippen LogP contribution is 2.34. The first-order chi connectivity index (χ1) is 15.5. The first-order valence-electron chi connectivity index (χ1n) is 10.9. The van der Waals surface area contributed by atoms with Gasteiger partial charge >= 0.3 is 5.97 Å². The molecule has 1 spiro atoms. The highest BCUT2D eigenvalue weighted by atomic mass is 35.5.